The van der Waals surface area contributed by atoms with Crippen molar-refractivity contribution in [3.8, 4) is 11.3 Å². The van der Waals surface area contributed by atoms with Gasteiger partial charge in [-0.15, -0.1) is 21.5 Å². The van der Waals surface area contributed by atoms with Gasteiger partial charge in [0.1, 0.15) is 4.21 Å². The summed E-state index contributed by atoms with van der Waals surface area (Å²) in [7, 11) is -3.38. The number of piperazine rings is 1. The highest BCUT2D eigenvalue weighted by Gasteiger charge is 2.29. The zero-order valence-electron chi connectivity index (χ0n) is 14.9. The molecule has 3 aromatic rings. The molecule has 1 aliphatic heterocycles. The summed E-state index contributed by atoms with van der Waals surface area (Å²) in [5, 5.41) is 10.5. The molecule has 1 fully saturated rings. The average Bonchev–Trinajstić information content (AvgIpc) is 3.24. The summed E-state index contributed by atoms with van der Waals surface area (Å²) in [5.41, 5.74) is 3.08. The Morgan fingerprint density at radius 2 is 1.70 bits per heavy atom. The van der Waals surface area contributed by atoms with E-state index in [2.05, 4.69) is 28.1 Å². The lowest BCUT2D eigenvalue weighted by atomic mass is 10.1. The third-order valence-corrected chi connectivity index (χ3v) is 8.00. The Labute approximate surface area is 163 Å². The van der Waals surface area contributed by atoms with E-state index in [1.54, 1.807) is 21.8 Å². The van der Waals surface area contributed by atoms with Gasteiger partial charge in [-0.1, -0.05) is 30.3 Å². The van der Waals surface area contributed by atoms with Crippen molar-refractivity contribution >= 4 is 27.2 Å². The first-order valence-electron chi connectivity index (χ1n) is 8.74. The molecule has 0 unspecified atom stereocenters. The number of hydrogen-bond donors (Lipinski definition) is 0. The van der Waals surface area contributed by atoms with E-state index in [4.69, 9.17) is 0 Å². The second-order valence-electron chi connectivity index (χ2n) is 6.41. The molecule has 4 rings (SSSR count). The van der Waals surface area contributed by atoms with Gasteiger partial charge in [0, 0.05) is 31.7 Å². The van der Waals surface area contributed by atoms with Crippen LogP contribution in [0.25, 0.3) is 11.3 Å². The van der Waals surface area contributed by atoms with Gasteiger partial charge in [-0.2, -0.15) is 4.31 Å². The summed E-state index contributed by atoms with van der Waals surface area (Å²) < 4.78 is 27.2. The summed E-state index contributed by atoms with van der Waals surface area (Å²) in [5.74, 6) is 0.778. The van der Waals surface area contributed by atoms with E-state index < -0.39 is 10.0 Å². The monoisotopic (exact) mass is 400 g/mol. The van der Waals surface area contributed by atoms with Crippen LogP contribution in [0.2, 0.25) is 0 Å². The summed E-state index contributed by atoms with van der Waals surface area (Å²) in [4.78, 5) is 2.08. The molecule has 0 aliphatic carbocycles. The lowest BCUT2D eigenvalue weighted by molar-refractivity contribution is 0.384. The molecule has 0 radical (unpaired) electrons. The molecule has 0 spiro atoms. The van der Waals surface area contributed by atoms with Crippen molar-refractivity contribution in [2.75, 3.05) is 31.1 Å². The van der Waals surface area contributed by atoms with Crippen LogP contribution in [-0.2, 0) is 10.0 Å². The first-order chi connectivity index (χ1) is 13.1. The molecule has 1 aliphatic rings. The Bertz CT molecular complexity index is 1010. The number of sulfonamides is 1. The van der Waals surface area contributed by atoms with Gasteiger partial charge < -0.3 is 4.90 Å². The number of aromatic nitrogens is 2. The first-order valence-corrected chi connectivity index (χ1v) is 11.1. The zero-order chi connectivity index (χ0) is 18.9. The molecule has 3 heterocycles. The minimum atomic E-state index is -3.38. The number of nitrogens with zero attached hydrogens (tertiary/aromatic N) is 4. The molecular weight excluding hydrogens is 380 g/mol. The van der Waals surface area contributed by atoms with Crippen LogP contribution in [0.5, 0.6) is 0 Å². The second kappa shape index (κ2) is 7.38. The van der Waals surface area contributed by atoms with Crippen LogP contribution in [0, 0.1) is 6.92 Å². The van der Waals surface area contributed by atoms with Crippen LogP contribution in [0.3, 0.4) is 0 Å². The van der Waals surface area contributed by atoms with E-state index in [0.717, 1.165) is 22.6 Å². The van der Waals surface area contributed by atoms with E-state index in [1.807, 2.05) is 30.3 Å². The molecule has 8 heteroatoms. The highest BCUT2D eigenvalue weighted by molar-refractivity contribution is 7.91. The standard InChI is InChI=1S/C19H20N4O2S2/c1-15-5-2-3-6-16(15)17-8-9-18(21-20-17)22-10-12-23(13-11-22)27(24,25)19-7-4-14-26-19/h2-9,14H,10-13H2,1H3. The fraction of sp³-hybridized carbons (Fsp3) is 0.263. The Balaban J connectivity index is 1.45. The number of rotatable bonds is 4. The fourth-order valence-electron chi connectivity index (χ4n) is 3.19. The number of thiophene rings is 1. The van der Waals surface area contributed by atoms with E-state index in [1.165, 1.54) is 11.3 Å². The smallest absolute Gasteiger partial charge is 0.252 e. The predicted octanol–water partition coefficient (Wildman–Crippen LogP) is 3.02. The molecule has 0 atom stereocenters. The van der Waals surface area contributed by atoms with Crippen molar-refractivity contribution in [2.45, 2.75) is 11.1 Å². The van der Waals surface area contributed by atoms with E-state index >= 15 is 0 Å². The van der Waals surface area contributed by atoms with Gasteiger partial charge in [-0.3, -0.25) is 0 Å². The van der Waals surface area contributed by atoms with Gasteiger partial charge in [0.2, 0.25) is 0 Å². The minimum absolute atomic E-state index is 0.401. The van der Waals surface area contributed by atoms with Crippen LogP contribution in [0.1, 0.15) is 5.56 Å². The van der Waals surface area contributed by atoms with E-state index in [0.29, 0.717) is 30.4 Å². The number of hydrogen-bond acceptors (Lipinski definition) is 6. The van der Waals surface area contributed by atoms with Crippen LogP contribution in [0.15, 0.2) is 58.1 Å². The average molecular weight is 401 g/mol. The maximum atomic E-state index is 12.6. The molecule has 140 valence electrons. The van der Waals surface area contributed by atoms with E-state index in [9.17, 15) is 8.42 Å². The molecule has 0 amide bonds. The molecule has 1 aromatic carbocycles. The minimum Gasteiger partial charge on any atom is -0.352 e. The van der Waals surface area contributed by atoms with Crippen molar-refractivity contribution in [1.82, 2.24) is 14.5 Å². The quantitative estimate of drug-likeness (QED) is 0.673. The lowest BCUT2D eigenvalue weighted by Gasteiger charge is -2.34. The van der Waals surface area contributed by atoms with Gasteiger partial charge in [0.25, 0.3) is 10.0 Å². The Morgan fingerprint density at radius 1 is 0.926 bits per heavy atom. The van der Waals surface area contributed by atoms with Crippen molar-refractivity contribution in [2.24, 2.45) is 0 Å². The van der Waals surface area contributed by atoms with Crippen molar-refractivity contribution in [3.05, 3.63) is 59.5 Å². The maximum Gasteiger partial charge on any atom is 0.252 e. The summed E-state index contributed by atoms with van der Waals surface area (Å²) in [6.45, 7) is 4.15. The maximum absolute atomic E-state index is 12.6. The molecule has 27 heavy (non-hydrogen) atoms. The van der Waals surface area contributed by atoms with Crippen LogP contribution in [0.4, 0.5) is 5.82 Å². The normalized spacial score (nSPS) is 15.8. The van der Waals surface area contributed by atoms with Crippen LogP contribution in [-0.4, -0.2) is 49.1 Å². The third-order valence-electron chi connectivity index (χ3n) is 4.72. The number of aryl methyl sites for hydroxylation is 1. The molecule has 2 aromatic heterocycles. The summed E-state index contributed by atoms with van der Waals surface area (Å²) in [6, 6.07) is 15.4. The van der Waals surface area contributed by atoms with Crippen molar-refractivity contribution in [1.29, 1.82) is 0 Å². The molecule has 0 N–H and O–H groups in total. The van der Waals surface area contributed by atoms with Crippen LogP contribution >= 0.6 is 11.3 Å². The Kier molecular flexibility index (Phi) is 4.94. The highest BCUT2D eigenvalue weighted by atomic mass is 32.2. The Hall–Kier alpha value is -2.29. The van der Waals surface area contributed by atoms with Crippen molar-refractivity contribution in [3.63, 3.8) is 0 Å². The van der Waals surface area contributed by atoms with Gasteiger partial charge in [-0.05, 0) is 36.1 Å². The topological polar surface area (TPSA) is 66.4 Å². The number of benzene rings is 1. The van der Waals surface area contributed by atoms with Gasteiger partial charge in [-0.25, -0.2) is 8.42 Å². The van der Waals surface area contributed by atoms with Crippen LogP contribution < -0.4 is 4.90 Å². The SMILES string of the molecule is Cc1ccccc1-c1ccc(N2CCN(S(=O)(=O)c3cccs3)CC2)nn1. The van der Waals surface area contributed by atoms with Gasteiger partial charge in [0.05, 0.1) is 5.69 Å². The van der Waals surface area contributed by atoms with E-state index in [-0.39, 0.29) is 0 Å². The predicted molar refractivity (Wildman–Crippen MR) is 107 cm³/mol. The fourth-order valence-corrected chi connectivity index (χ4v) is 5.76. The molecule has 0 bridgehead atoms. The summed E-state index contributed by atoms with van der Waals surface area (Å²) in [6.07, 6.45) is 0. The highest BCUT2D eigenvalue weighted by Crippen LogP contribution is 2.25. The third kappa shape index (κ3) is 3.60. The van der Waals surface area contributed by atoms with Crippen molar-refractivity contribution < 1.29 is 8.42 Å². The molecular formula is C19H20N4O2S2. The van der Waals surface area contributed by atoms with Gasteiger partial charge >= 0.3 is 0 Å². The molecule has 6 nitrogen and oxygen atoms in total. The summed E-state index contributed by atoms with van der Waals surface area (Å²) >= 11 is 1.26. The first kappa shape index (κ1) is 18.1. The second-order valence-corrected chi connectivity index (χ2v) is 9.53. The number of anilines is 1. The molecule has 0 saturated carbocycles. The largest absolute Gasteiger partial charge is 0.352 e. The molecule has 1 saturated heterocycles. The lowest BCUT2D eigenvalue weighted by Crippen LogP contribution is -2.48. The van der Waals surface area contributed by atoms with Gasteiger partial charge in [0.15, 0.2) is 5.82 Å². The Morgan fingerprint density at radius 3 is 2.33 bits per heavy atom. The zero-order valence-corrected chi connectivity index (χ0v) is 16.6.